The quantitative estimate of drug-likeness (QED) is 0.497. The predicted octanol–water partition coefficient (Wildman–Crippen LogP) is 2.28. The smallest absolute Gasteiger partial charge is 0.191 e. The maximum Gasteiger partial charge on any atom is 0.191 e. The van der Waals surface area contributed by atoms with Crippen LogP contribution in [0.5, 0.6) is 0 Å². The monoisotopic (exact) mass is 394 g/mol. The van der Waals surface area contributed by atoms with E-state index >= 15 is 0 Å². The normalized spacial score (nSPS) is 17.5. The number of benzene rings is 1. The van der Waals surface area contributed by atoms with Crippen molar-refractivity contribution in [2.75, 3.05) is 38.5 Å². The van der Waals surface area contributed by atoms with Crippen LogP contribution in [0.2, 0.25) is 0 Å². The van der Waals surface area contributed by atoms with Crippen LogP contribution in [0.4, 0.5) is 0 Å². The minimum absolute atomic E-state index is 0.0596. The Balaban J connectivity index is 1.94. The van der Waals surface area contributed by atoms with Crippen molar-refractivity contribution in [1.82, 2.24) is 15.5 Å². The number of likely N-dealkylation sites (tertiary alicyclic amines) is 1. The number of aliphatic imine (C=N–C) groups is 1. The van der Waals surface area contributed by atoms with Gasteiger partial charge in [-0.1, -0.05) is 31.5 Å². The zero-order chi connectivity index (χ0) is 19.5. The molecule has 1 atom stereocenters. The number of rotatable bonds is 9. The lowest BCUT2D eigenvalue weighted by Gasteiger charge is -2.26. The Hall–Kier alpha value is -1.60. The van der Waals surface area contributed by atoms with Crippen LogP contribution >= 0.6 is 0 Å². The molecule has 1 aliphatic rings. The topological polar surface area (TPSA) is 73.8 Å². The van der Waals surface area contributed by atoms with Gasteiger partial charge in [-0.25, -0.2) is 8.42 Å². The summed E-state index contributed by atoms with van der Waals surface area (Å²) in [5.41, 5.74) is 0. The highest BCUT2D eigenvalue weighted by atomic mass is 32.2. The Labute approximate surface area is 164 Å². The summed E-state index contributed by atoms with van der Waals surface area (Å²) >= 11 is 0. The van der Waals surface area contributed by atoms with Crippen LogP contribution in [0.25, 0.3) is 0 Å². The summed E-state index contributed by atoms with van der Waals surface area (Å²) in [5.74, 6) is 0.758. The Bertz CT molecular complexity index is 670. The maximum absolute atomic E-state index is 12.7. The molecule has 1 unspecified atom stereocenters. The number of hydrogen-bond donors (Lipinski definition) is 2. The molecule has 0 bridgehead atoms. The second kappa shape index (κ2) is 11.3. The first-order valence-electron chi connectivity index (χ1n) is 10.1. The lowest BCUT2D eigenvalue weighted by atomic mass is 10.1. The van der Waals surface area contributed by atoms with Crippen molar-refractivity contribution < 1.29 is 8.42 Å². The first kappa shape index (κ1) is 21.7. The summed E-state index contributed by atoms with van der Waals surface area (Å²) in [6.07, 6.45) is 4.59. The van der Waals surface area contributed by atoms with Gasteiger partial charge in [0.25, 0.3) is 0 Å². The number of nitrogens with zero attached hydrogens (tertiary/aromatic N) is 2. The zero-order valence-corrected chi connectivity index (χ0v) is 17.5. The molecule has 27 heavy (non-hydrogen) atoms. The van der Waals surface area contributed by atoms with E-state index in [2.05, 4.69) is 20.5 Å². The summed E-state index contributed by atoms with van der Waals surface area (Å²) in [6.45, 7) is 8.75. The van der Waals surface area contributed by atoms with Crippen LogP contribution in [0, 0.1) is 0 Å². The van der Waals surface area contributed by atoms with Gasteiger partial charge in [-0.05, 0) is 51.4 Å². The van der Waals surface area contributed by atoms with Crippen molar-refractivity contribution in [2.24, 2.45) is 4.99 Å². The fraction of sp³-hybridized carbons (Fsp3) is 0.650. The van der Waals surface area contributed by atoms with Gasteiger partial charge in [0.2, 0.25) is 0 Å². The molecule has 0 aromatic heterocycles. The first-order valence-corrected chi connectivity index (χ1v) is 11.8. The standard InChI is InChI=1S/C20H34N4O2S/c1-3-18(17-27(25,26)19-11-7-5-8-12-19)23-20(21-4-2)22-13-16-24-14-9-6-10-15-24/h5,7-8,11-12,18H,3-4,6,9-10,13-17H2,1-2H3,(H2,21,22,23). The molecule has 6 nitrogen and oxygen atoms in total. The van der Waals surface area contributed by atoms with Gasteiger partial charge in [0.1, 0.15) is 0 Å². The summed E-state index contributed by atoms with van der Waals surface area (Å²) in [6, 6.07) is 8.47. The number of piperidine rings is 1. The molecule has 0 spiro atoms. The van der Waals surface area contributed by atoms with Gasteiger partial charge >= 0.3 is 0 Å². The van der Waals surface area contributed by atoms with E-state index in [9.17, 15) is 8.42 Å². The number of hydrogen-bond acceptors (Lipinski definition) is 4. The molecule has 0 aliphatic carbocycles. The van der Waals surface area contributed by atoms with Crippen LogP contribution in [-0.2, 0) is 9.84 Å². The highest BCUT2D eigenvalue weighted by molar-refractivity contribution is 7.91. The van der Waals surface area contributed by atoms with Gasteiger partial charge in [0, 0.05) is 19.1 Å². The highest BCUT2D eigenvalue weighted by Gasteiger charge is 2.21. The minimum Gasteiger partial charge on any atom is -0.357 e. The Morgan fingerprint density at radius 2 is 1.85 bits per heavy atom. The third-order valence-corrected chi connectivity index (χ3v) is 6.67. The third kappa shape index (κ3) is 7.50. The van der Waals surface area contributed by atoms with Crippen molar-refractivity contribution in [3.05, 3.63) is 30.3 Å². The number of nitrogens with one attached hydrogen (secondary N) is 2. The Kier molecular flexibility index (Phi) is 9.07. The van der Waals surface area contributed by atoms with Crippen molar-refractivity contribution in [3.8, 4) is 0 Å². The maximum atomic E-state index is 12.7. The molecular formula is C20H34N4O2S. The van der Waals surface area contributed by atoms with E-state index in [0.717, 1.165) is 32.7 Å². The Morgan fingerprint density at radius 3 is 2.48 bits per heavy atom. The van der Waals surface area contributed by atoms with Crippen LogP contribution in [0.15, 0.2) is 40.2 Å². The predicted molar refractivity (Wildman–Crippen MR) is 112 cm³/mol. The summed E-state index contributed by atoms with van der Waals surface area (Å²) < 4.78 is 25.3. The SMILES string of the molecule is CCNC(=NCCN1CCCCC1)NC(CC)CS(=O)(=O)c1ccccc1. The average Bonchev–Trinajstić information content (AvgIpc) is 2.69. The van der Waals surface area contributed by atoms with Crippen molar-refractivity contribution in [2.45, 2.75) is 50.5 Å². The molecule has 1 aromatic carbocycles. The molecule has 2 rings (SSSR count). The fourth-order valence-corrected chi connectivity index (χ4v) is 4.86. The van der Waals surface area contributed by atoms with Crippen molar-refractivity contribution in [1.29, 1.82) is 0 Å². The zero-order valence-electron chi connectivity index (χ0n) is 16.7. The van der Waals surface area contributed by atoms with E-state index in [0.29, 0.717) is 17.3 Å². The van der Waals surface area contributed by atoms with Gasteiger partial charge in [-0.3, -0.25) is 4.99 Å². The molecule has 0 amide bonds. The van der Waals surface area contributed by atoms with Gasteiger partial charge in [-0.2, -0.15) is 0 Å². The van der Waals surface area contributed by atoms with Crippen LogP contribution in [0.1, 0.15) is 39.5 Å². The second-order valence-electron chi connectivity index (χ2n) is 7.01. The van der Waals surface area contributed by atoms with E-state index in [-0.39, 0.29) is 11.8 Å². The number of guanidine groups is 1. The average molecular weight is 395 g/mol. The van der Waals surface area contributed by atoms with Gasteiger partial charge in [-0.15, -0.1) is 0 Å². The van der Waals surface area contributed by atoms with E-state index < -0.39 is 9.84 Å². The first-order chi connectivity index (χ1) is 13.0. The minimum atomic E-state index is -3.32. The third-order valence-electron chi connectivity index (χ3n) is 4.84. The summed E-state index contributed by atoms with van der Waals surface area (Å²) in [5, 5.41) is 6.55. The molecular weight excluding hydrogens is 360 g/mol. The molecule has 0 radical (unpaired) electrons. The molecule has 7 heteroatoms. The van der Waals surface area contributed by atoms with Crippen LogP contribution in [-0.4, -0.2) is 63.8 Å². The summed E-state index contributed by atoms with van der Waals surface area (Å²) in [7, 11) is -3.32. The van der Waals surface area contributed by atoms with Gasteiger partial charge < -0.3 is 15.5 Å². The molecule has 2 N–H and O–H groups in total. The van der Waals surface area contributed by atoms with Crippen LogP contribution < -0.4 is 10.6 Å². The Morgan fingerprint density at radius 1 is 1.15 bits per heavy atom. The molecule has 1 fully saturated rings. The van der Waals surface area contributed by atoms with Gasteiger partial charge in [0.15, 0.2) is 15.8 Å². The molecule has 1 aliphatic heterocycles. The van der Waals surface area contributed by atoms with E-state index in [4.69, 9.17) is 0 Å². The molecule has 1 heterocycles. The second-order valence-corrected chi connectivity index (χ2v) is 9.04. The highest BCUT2D eigenvalue weighted by Crippen LogP contribution is 2.12. The van der Waals surface area contributed by atoms with E-state index in [1.54, 1.807) is 24.3 Å². The van der Waals surface area contributed by atoms with E-state index in [1.807, 2.05) is 19.9 Å². The lowest BCUT2D eigenvalue weighted by molar-refractivity contribution is 0.235. The largest absolute Gasteiger partial charge is 0.357 e. The molecule has 1 aromatic rings. The number of sulfone groups is 1. The van der Waals surface area contributed by atoms with Crippen molar-refractivity contribution in [3.63, 3.8) is 0 Å². The lowest BCUT2D eigenvalue weighted by Crippen LogP contribution is -2.46. The van der Waals surface area contributed by atoms with Gasteiger partial charge in [0.05, 0.1) is 17.2 Å². The van der Waals surface area contributed by atoms with E-state index in [1.165, 1.54) is 19.3 Å². The molecule has 152 valence electrons. The molecule has 1 saturated heterocycles. The summed E-state index contributed by atoms with van der Waals surface area (Å²) in [4.78, 5) is 7.48. The van der Waals surface area contributed by atoms with Crippen LogP contribution in [0.3, 0.4) is 0 Å². The van der Waals surface area contributed by atoms with Crippen molar-refractivity contribution >= 4 is 15.8 Å². The fourth-order valence-electron chi connectivity index (χ4n) is 3.25. The molecule has 0 saturated carbocycles.